The molecule has 4 nitrogen and oxygen atoms in total. The summed E-state index contributed by atoms with van der Waals surface area (Å²) in [6.45, 7) is 3.41. The van der Waals surface area contributed by atoms with Gasteiger partial charge < -0.3 is 5.32 Å². The van der Waals surface area contributed by atoms with Gasteiger partial charge >= 0.3 is 0 Å². The number of benzene rings is 1. The zero-order chi connectivity index (χ0) is 14.9. The molecular formula is C13H10BrClFN3O. The Labute approximate surface area is 128 Å². The number of nitrogens with one attached hydrogen (secondary N) is 1. The van der Waals surface area contributed by atoms with Crippen molar-refractivity contribution in [3.8, 4) is 0 Å². The molecule has 0 atom stereocenters. The molecule has 0 aliphatic heterocycles. The summed E-state index contributed by atoms with van der Waals surface area (Å²) in [5.74, 6) is 0.363. The van der Waals surface area contributed by atoms with E-state index in [1.165, 1.54) is 6.07 Å². The largest absolute Gasteiger partial charge is 0.339 e. The zero-order valence-electron chi connectivity index (χ0n) is 10.7. The summed E-state index contributed by atoms with van der Waals surface area (Å²) in [5.41, 5.74) is 1.46. The molecule has 2 rings (SSSR count). The lowest BCUT2D eigenvalue weighted by Crippen LogP contribution is -2.04. The first-order valence-corrected chi connectivity index (χ1v) is 6.81. The van der Waals surface area contributed by atoms with Crippen LogP contribution in [-0.2, 0) is 0 Å². The number of rotatable bonds is 3. The number of anilines is 2. The third-order valence-electron chi connectivity index (χ3n) is 2.65. The number of aldehydes is 1. The van der Waals surface area contributed by atoms with Gasteiger partial charge in [-0.15, -0.1) is 0 Å². The van der Waals surface area contributed by atoms with Crippen molar-refractivity contribution in [1.29, 1.82) is 0 Å². The van der Waals surface area contributed by atoms with Crippen molar-refractivity contribution in [2.24, 2.45) is 0 Å². The second kappa shape index (κ2) is 5.85. The summed E-state index contributed by atoms with van der Waals surface area (Å²) < 4.78 is 13.7. The maximum absolute atomic E-state index is 13.4. The van der Waals surface area contributed by atoms with Crippen molar-refractivity contribution in [3.05, 3.63) is 44.5 Å². The average Bonchev–Trinajstić information content (AvgIpc) is 2.35. The Morgan fingerprint density at radius 3 is 2.70 bits per heavy atom. The van der Waals surface area contributed by atoms with Crippen LogP contribution in [0.2, 0.25) is 5.15 Å². The van der Waals surface area contributed by atoms with Gasteiger partial charge in [0.2, 0.25) is 0 Å². The number of hydrogen-bond acceptors (Lipinski definition) is 4. The van der Waals surface area contributed by atoms with Crippen molar-refractivity contribution in [2.75, 3.05) is 5.32 Å². The molecule has 0 fully saturated rings. The molecule has 2 aromatic rings. The highest BCUT2D eigenvalue weighted by Gasteiger charge is 2.13. The molecule has 0 unspecified atom stereocenters. The third-order valence-corrected chi connectivity index (χ3v) is 3.54. The van der Waals surface area contributed by atoms with Crippen LogP contribution in [0.4, 0.5) is 15.9 Å². The van der Waals surface area contributed by atoms with Gasteiger partial charge in [0.25, 0.3) is 0 Å². The van der Waals surface area contributed by atoms with E-state index in [0.717, 1.165) is 0 Å². The number of hydrogen-bond donors (Lipinski definition) is 1. The van der Waals surface area contributed by atoms with Crippen molar-refractivity contribution in [2.45, 2.75) is 13.8 Å². The van der Waals surface area contributed by atoms with Crippen LogP contribution in [0.5, 0.6) is 0 Å². The highest BCUT2D eigenvalue weighted by Crippen LogP contribution is 2.28. The normalized spacial score (nSPS) is 10.4. The van der Waals surface area contributed by atoms with Crippen LogP contribution in [0, 0.1) is 19.7 Å². The Morgan fingerprint density at radius 2 is 2.05 bits per heavy atom. The zero-order valence-corrected chi connectivity index (χ0v) is 13.0. The summed E-state index contributed by atoms with van der Waals surface area (Å²) >= 11 is 9.02. The number of nitrogens with zero attached hydrogens (tertiary/aromatic N) is 2. The quantitative estimate of drug-likeness (QED) is 0.660. The number of carbonyl (C=O) groups excluding carboxylic acids is 1. The van der Waals surface area contributed by atoms with E-state index in [1.54, 1.807) is 19.9 Å². The lowest BCUT2D eigenvalue weighted by molar-refractivity contribution is 0.112. The molecule has 0 aliphatic carbocycles. The maximum atomic E-state index is 13.4. The summed E-state index contributed by atoms with van der Waals surface area (Å²) in [7, 11) is 0. The summed E-state index contributed by atoms with van der Waals surface area (Å²) in [4.78, 5) is 19.1. The fourth-order valence-electron chi connectivity index (χ4n) is 1.66. The van der Waals surface area contributed by atoms with Crippen LogP contribution in [0.3, 0.4) is 0 Å². The smallest absolute Gasteiger partial charge is 0.156 e. The molecule has 1 aromatic carbocycles. The number of aryl methyl sites for hydroxylation is 2. The number of carbonyl (C=O) groups is 1. The van der Waals surface area contributed by atoms with Crippen LogP contribution in [-0.4, -0.2) is 16.3 Å². The van der Waals surface area contributed by atoms with Crippen LogP contribution in [0.25, 0.3) is 0 Å². The molecule has 0 saturated heterocycles. The summed E-state index contributed by atoms with van der Waals surface area (Å²) in [6.07, 6.45) is 0.581. The van der Waals surface area contributed by atoms with E-state index in [9.17, 15) is 9.18 Å². The topological polar surface area (TPSA) is 54.9 Å². The molecule has 1 heterocycles. The average molecular weight is 359 g/mol. The molecule has 0 spiro atoms. The Bertz CT molecular complexity index is 694. The highest BCUT2D eigenvalue weighted by molar-refractivity contribution is 9.10. The number of halogens is 3. The van der Waals surface area contributed by atoms with Crippen molar-refractivity contribution in [3.63, 3.8) is 0 Å². The first-order valence-electron chi connectivity index (χ1n) is 5.64. The van der Waals surface area contributed by atoms with E-state index in [0.29, 0.717) is 33.7 Å². The minimum absolute atomic E-state index is 0.0776. The van der Waals surface area contributed by atoms with Crippen molar-refractivity contribution < 1.29 is 9.18 Å². The van der Waals surface area contributed by atoms with Gasteiger partial charge in [0.15, 0.2) is 6.29 Å². The summed E-state index contributed by atoms with van der Waals surface area (Å²) in [5, 5.41) is 3.06. The van der Waals surface area contributed by atoms with Crippen molar-refractivity contribution in [1.82, 2.24) is 9.97 Å². The molecular weight excluding hydrogens is 349 g/mol. The predicted molar refractivity (Wildman–Crippen MR) is 79.3 cm³/mol. The van der Waals surface area contributed by atoms with Gasteiger partial charge in [0.05, 0.1) is 10.0 Å². The van der Waals surface area contributed by atoms with E-state index in [1.807, 2.05) is 0 Å². The lowest BCUT2D eigenvalue weighted by Gasteiger charge is -2.12. The third kappa shape index (κ3) is 2.96. The van der Waals surface area contributed by atoms with E-state index in [2.05, 4.69) is 31.2 Å². The highest BCUT2D eigenvalue weighted by atomic mass is 79.9. The maximum Gasteiger partial charge on any atom is 0.156 e. The fraction of sp³-hybridized carbons (Fsp3) is 0.154. The second-order valence-corrected chi connectivity index (χ2v) is 5.36. The standard InChI is InChI=1S/C13H10BrClFN3O/c1-6-3-10(16)9(14)4-11(6)19-13-8(5-20)12(15)17-7(2)18-13/h3-5H,1-2H3,(H,17,18,19). The summed E-state index contributed by atoms with van der Waals surface area (Å²) in [6, 6.07) is 2.95. The Hall–Kier alpha value is -1.53. The van der Waals surface area contributed by atoms with Crippen LogP contribution in [0.1, 0.15) is 21.7 Å². The minimum Gasteiger partial charge on any atom is -0.339 e. The van der Waals surface area contributed by atoms with E-state index < -0.39 is 0 Å². The van der Waals surface area contributed by atoms with Gasteiger partial charge in [-0.05, 0) is 47.5 Å². The predicted octanol–water partition coefficient (Wildman–Crippen LogP) is 4.20. The van der Waals surface area contributed by atoms with Crippen LogP contribution in [0.15, 0.2) is 16.6 Å². The molecule has 1 aromatic heterocycles. The molecule has 0 aliphatic rings. The molecule has 0 saturated carbocycles. The van der Waals surface area contributed by atoms with E-state index in [-0.39, 0.29) is 16.5 Å². The molecule has 1 N–H and O–H groups in total. The van der Waals surface area contributed by atoms with E-state index >= 15 is 0 Å². The Balaban J connectivity index is 2.50. The Kier molecular flexibility index (Phi) is 4.35. The minimum atomic E-state index is -0.361. The van der Waals surface area contributed by atoms with Crippen LogP contribution < -0.4 is 5.32 Å². The Morgan fingerprint density at radius 1 is 1.35 bits per heavy atom. The fourth-order valence-corrected chi connectivity index (χ4v) is 2.25. The second-order valence-electron chi connectivity index (χ2n) is 4.15. The molecule has 0 radical (unpaired) electrons. The molecule has 0 amide bonds. The molecule has 20 heavy (non-hydrogen) atoms. The first kappa shape index (κ1) is 14.9. The van der Waals surface area contributed by atoms with Crippen LogP contribution >= 0.6 is 27.5 Å². The van der Waals surface area contributed by atoms with Gasteiger partial charge in [0.1, 0.15) is 22.6 Å². The molecule has 0 bridgehead atoms. The van der Waals surface area contributed by atoms with Gasteiger partial charge in [-0.25, -0.2) is 14.4 Å². The van der Waals surface area contributed by atoms with Crippen molar-refractivity contribution >= 4 is 45.3 Å². The monoisotopic (exact) mass is 357 g/mol. The van der Waals surface area contributed by atoms with E-state index in [4.69, 9.17) is 11.6 Å². The van der Waals surface area contributed by atoms with Gasteiger partial charge in [-0.1, -0.05) is 11.6 Å². The molecule has 7 heteroatoms. The van der Waals surface area contributed by atoms with Gasteiger partial charge in [-0.2, -0.15) is 0 Å². The van der Waals surface area contributed by atoms with Gasteiger partial charge in [0, 0.05) is 5.69 Å². The lowest BCUT2D eigenvalue weighted by atomic mass is 10.2. The SMILES string of the molecule is Cc1nc(Cl)c(C=O)c(Nc2cc(Br)c(F)cc2C)n1. The van der Waals surface area contributed by atoms with Gasteiger partial charge in [-0.3, -0.25) is 4.79 Å². The number of aromatic nitrogens is 2. The molecule has 104 valence electrons. The first-order chi connectivity index (χ1) is 9.42.